The van der Waals surface area contributed by atoms with Gasteiger partial charge in [0.25, 0.3) is 0 Å². The van der Waals surface area contributed by atoms with Gasteiger partial charge in [-0.25, -0.2) is 0 Å². The van der Waals surface area contributed by atoms with Crippen LogP contribution >= 0.6 is 0 Å². The van der Waals surface area contributed by atoms with Crippen molar-refractivity contribution in [3.05, 3.63) is 12.7 Å². The van der Waals surface area contributed by atoms with Gasteiger partial charge in [0, 0.05) is 13.5 Å². The van der Waals surface area contributed by atoms with Crippen molar-refractivity contribution in [2.75, 3.05) is 13.6 Å². The van der Waals surface area contributed by atoms with Crippen LogP contribution in [0.1, 0.15) is 97.3 Å². The number of nitrogens with zero attached hydrogens (tertiary/aromatic N) is 1. The van der Waals surface area contributed by atoms with Crippen molar-refractivity contribution in [1.29, 1.82) is 0 Å². The van der Waals surface area contributed by atoms with Crippen molar-refractivity contribution in [2.24, 2.45) is 0 Å². The first kappa shape index (κ1) is 25.9. The number of aliphatic carboxylic acids is 1. The largest absolute Gasteiger partial charge is 0.480 e. The highest BCUT2D eigenvalue weighted by molar-refractivity contribution is 5.80. The number of carbonyl (C=O) groups is 2. The van der Waals surface area contributed by atoms with E-state index >= 15 is 0 Å². The van der Waals surface area contributed by atoms with Crippen LogP contribution in [0, 0.1) is 0 Å². The molecule has 0 heterocycles. The fourth-order valence-electron chi connectivity index (χ4n) is 2.43. The molecule has 0 spiro atoms. The van der Waals surface area contributed by atoms with E-state index in [0.717, 1.165) is 19.3 Å². The molecular formula is C21H41NO3. The minimum Gasteiger partial charge on any atom is -0.480 e. The van der Waals surface area contributed by atoms with Gasteiger partial charge in [-0.3, -0.25) is 9.59 Å². The van der Waals surface area contributed by atoms with Gasteiger partial charge in [0.1, 0.15) is 6.54 Å². The van der Waals surface area contributed by atoms with Crippen molar-refractivity contribution in [1.82, 2.24) is 4.90 Å². The van der Waals surface area contributed by atoms with Crippen LogP contribution in [0.4, 0.5) is 0 Å². The van der Waals surface area contributed by atoms with E-state index in [9.17, 15) is 9.59 Å². The van der Waals surface area contributed by atoms with Crippen molar-refractivity contribution >= 4 is 11.9 Å². The molecule has 0 unspecified atom stereocenters. The van der Waals surface area contributed by atoms with E-state index in [2.05, 4.69) is 20.4 Å². The lowest BCUT2D eigenvalue weighted by molar-refractivity contribution is -0.143. The number of carboxylic acid groups (broad SMARTS) is 1. The zero-order valence-corrected chi connectivity index (χ0v) is 16.9. The Morgan fingerprint density at radius 3 is 1.84 bits per heavy atom. The summed E-state index contributed by atoms with van der Waals surface area (Å²) in [5, 5.41) is 8.48. The summed E-state index contributed by atoms with van der Waals surface area (Å²) in [7, 11) is 1.53. The smallest absolute Gasteiger partial charge is 0.323 e. The van der Waals surface area contributed by atoms with Crippen LogP contribution in [0.5, 0.6) is 0 Å². The predicted molar refractivity (Wildman–Crippen MR) is 107 cm³/mol. The molecule has 1 amide bonds. The van der Waals surface area contributed by atoms with E-state index in [1.807, 2.05) is 6.08 Å². The first-order chi connectivity index (χ1) is 12.0. The van der Waals surface area contributed by atoms with Crippen LogP contribution in [-0.2, 0) is 9.59 Å². The third-order valence-corrected chi connectivity index (χ3v) is 4.05. The van der Waals surface area contributed by atoms with Gasteiger partial charge in [0.2, 0.25) is 5.91 Å². The van der Waals surface area contributed by atoms with E-state index in [1.165, 1.54) is 69.7 Å². The average molecular weight is 356 g/mol. The second-order valence-corrected chi connectivity index (χ2v) is 6.65. The maximum Gasteiger partial charge on any atom is 0.323 e. The maximum atomic E-state index is 11.4. The van der Waals surface area contributed by atoms with E-state index in [-0.39, 0.29) is 12.5 Å². The number of carbonyl (C=O) groups excluding carboxylic acids is 1. The zero-order valence-electron chi connectivity index (χ0n) is 16.9. The molecule has 4 nitrogen and oxygen atoms in total. The Hall–Kier alpha value is -1.32. The minimum atomic E-state index is -0.961. The van der Waals surface area contributed by atoms with Crippen molar-refractivity contribution in [3.8, 4) is 0 Å². The van der Waals surface area contributed by atoms with Gasteiger partial charge in [0.15, 0.2) is 0 Å². The quantitative estimate of drug-likeness (QED) is 0.298. The van der Waals surface area contributed by atoms with Crippen LogP contribution in [-0.4, -0.2) is 35.5 Å². The molecule has 4 heteroatoms. The van der Waals surface area contributed by atoms with E-state index < -0.39 is 5.97 Å². The summed E-state index contributed by atoms with van der Waals surface area (Å²) in [5.74, 6) is -1.04. The highest BCUT2D eigenvalue weighted by atomic mass is 16.4. The summed E-state index contributed by atoms with van der Waals surface area (Å²) in [6.07, 6.45) is 17.5. The molecule has 0 fully saturated rings. The minimum absolute atomic E-state index is 0.0751. The maximum absolute atomic E-state index is 11.4. The fraction of sp³-hybridized carbons (Fsp3) is 0.810. The van der Waals surface area contributed by atoms with Crippen molar-refractivity contribution in [2.45, 2.75) is 97.3 Å². The Kier molecular flexibility index (Phi) is 21.5. The Morgan fingerprint density at radius 1 is 0.880 bits per heavy atom. The summed E-state index contributed by atoms with van der Waals surface area (Å²) in [5.41, 5.74) is 0. The van der Waals surface area contributed by atoms with Gasteiger partial charge in [-0.05, 0) is 19.3 Å². The Balaban J connectivity index is 0. The number of unbranched alkanes of at least 4 members (excludes halogenated alkanes) is 10. The Bertz CT molecular complexity index is 329. The molecular weight excluding hydrogens is 314 g/mol. The third-order valence-electron chi connectivity index (χ3n) is 4.05. The number of hydrogen-bond donors (Lipinski definition) is 1. The zero-order chi connectivity index (χ0) is 19.3. The predicted octanol–water partition coefficient (Wildman–Crippen LogP) is 5.81. The van der Waals surface area contributed by atoms with E-state index in [0.29, 0.717) is 6.42 Å². The molecule has 0 aliphatic rings. The van der Waals surface area contributed by atoms with Gasteiger partial charge in [-0.2, -0.15) is 0 Å². The lowest BCUT2D eigenvalue weighted by Crippen LogP contribution is -2.31. The van der Waals surface area contributed by atoms with Crippen LogP contribution < -0.4 is 0 Å². The fourth-order valence-corrected chi connectivity index (χ4v) is 2.43. The molecule has 0 bridgehead atoms. The first-order valence-corrected chi connectivity index (χ1v) is 10.1. The SMILES string of the molecule is C=CCCCCCCCC.CCCCCCCC(=O)N(C)CC(=O)O. The number of likely N-dealkylation sites (N-methyl/N-ethyl adjacent to an activating group) is 1. The van der Waals surface area contributed by atoms with Gasteiger partial charge in [-0.1, -0.05) is 77.7 Å². The van der Waals surface area contributed by atoms with Crippen LogP contribution in [0.15, 0.2) is 12.7 Å². The Morgan fingerprint density at radius 2 is 1.36 bits per heavy atom. The van der Waals surface area contributed by atoms with Gasteiger partial charge < -0.3 is 10.0 Å². The monoisotopic (exact) mass is 355 g/mol. The summed E-state index contributed by atoms with van der Waals surface area (Å²) in [6, 6.07) is 0. The molecule has 25 heavy (non-hydrogen) atoms. The third kappa shape index (κ3) is 22.7. The number of allylic oxidation sites excluding steroid dienone is 1. The van der Waals surface area contributed by atoms with Crippen LogP contribution in [0.25, 0.3) is 0 Å². The highest BCUT2D eigenvalue weighted by Crippen LogP contribution is 2.07. The van der Waals surface area contributed by atoms with Crippen molar-refractivity contribution in [3.63, 3.8) is 0 Å². The van der Waals surface area contributed by atoms with Crippen LogP contribution in [0.2, 0.25) is 0 Å². The summed E-state index contributed by atoms with van der Waals surface area (Å²) in [4.78, 5) is 23.0. The van der Waals surface area contributed by atoms with Gasteiger partial charge in [0.05, 0.1) is 0 Å². The highest BCUT2D eigenvalue weighted by Gasteiger charge is 2.10. The summed E-state index contributed by atoms with van der Waals surface area (Å²) >= 11 is 0. The molecule has 148 valence electrons. The molecule has 0 aromatic carbocycles. The normalized spacial score (nSPS) is 9.88. The lowest BCUT2D eigenvalue weighted by Gasteiger charge is -2.13. The molecule has 1 N–H and O–H groups in total. The van der Waals surface area contributed by atoms with Gasteiger partial charge >= 0.3 is 5.97 Å². The average Bonchev–Trinajstić information content (AvgIpc) is 2.57. The number of amides is 1. The molecule has 0 rings (SSSR count). The number of rotatable bonds is 15. The molecule has 0 aliphatic heterocycles. The standard InChI is InChI=1S/C11H21NO3.C10H20/c1-3-4-5-6-7-8-10(13)12(2)9-11(14)15;1-3-5-7-9-10-8-6-4-2/h3-9H2,1-2H3,(H,14,15);3H,1,4-10H2,2H3. The topological polar surface area (TPSA) is 57.6 Å². The summed E-state index contributed by atoms with van der Waals surface area (Å²) < 4.78 is 0. The number of carboxylic acids is 1. The molecule has 0 aromatic rings. The van der Waals surface area contributed by atoms with E-state index in [1.54, 1.807) is 0 Å². The molecule has 0 atom stereocenters. The molecule has 0 saturated carbocycles. The summed E-state index contributed by atoms with van der Waals surface area (Å²) in [6.45, 7) is 7.89. The molecule has 0 saturated heterocycles. The molecule has 0 aromatic heterocycles. The second-order valence-electron chi connectivity index (χ2n) is 6.65. The van der Waals surface area contributed by atoms with Crippen molar-refractivity contribution < 1.29 is 14.7 Å². The molecule has 0 radical (unpaired) electrons. The van der Waals surface area contributed by atoms with E-state index in [4.69, 9.17) is 5.11 Å². The van der Waals surface area contributed by atoms with Crippen LogP contribution in [0.3, 0.4) is 0 Å². The van der Waals surface area contributed by atoms with Gasteiger partial charge in [-0.15, -0.1) is 6.58 Å². The number of hydrogen-bond acceptors (Lipinski definition) is 2. The second kappa shape index (κ2) is 20.7. The first-order valence-electron chi connectivity index (χ1n) is 10.1. The lowest BCUT2D eigenvalue weighted by atomic mass is 10.1. The molecule has 0 aliphatic carbocycles. The Labute approximate surface area is 155 Å².